The number of likely N-dealkylation sites (tertiary alicyclic amines) is 1. The standard InChI is InChI=1S/C19H31FN4/c1-4-21-19(23-13-16-6-5-11-24(3)14-16)22-10-9-17-7-8-18(20)12-15(17)2/h7-8,12,16H,4-6,9-11,13-14H2,1-3H3,(H2,21,22,23). The van der Waals surface area contributed by atoms with E-state index < -0.39 is 0 Å². The minimum atomic E-state index is -0.170. The van der Waals surface area contributed by atoms with E-state index in [-0.39, 0.29) is 5.82 Å². The fraction of sp³-hybridized carbons (Fsp3) is 0.632. The summed E-state index contributed by atoms with van der Waals surface area (Å²) in [7, 11) is 2.18. The molecule has 0 aromatic heterocycles. The molecule has 24 heavy (non-hydrogen) atoms. The van der Waals surface area contributed by atoms with Gasteiger partial charge in [-0.3, -0.25) is 4.99 Å². The van der Waals surface area contributed by atoms with Gasteiger partial charge >= 0.3 is 0 Å². The van der Waals surface area contributed by atoms with Crippen molar-refractivity contribution in [2.75, 3.05) is 39.8 Å². The van der Waals surface area contributed by atoms with Crippen LogP contribution in [0.3, 0.4) is 0 Å². The summed E-state index contributed by atoms with van der Waals surface area (Å²) in [4.78, 5) is 7.14. The first kappa shape index (κ1) is 18.7. The minimum absolute atomic E-state index is 0.170. The maximum Gasteiger partial charge on any atom is 0.191 e. The molecule has 0 aliphatic carbocycles. The fourth-order valence-corrected chi connectivity index (χ4v) is 3.24. The summed E-state index contributed by atoms with van der Waals surface area (Å²) < 4.78 is 13.2. The number of aryl methyl sites for hydroxylation is 1. The average molecular weight is 334 g/mol. The number of guanidine groups is 1. The van der Waals surface area contributed by atoms with Gasteiger partial charge in [0.05, 0.1) is 0 Å². The van der Waals surface area contributed by atoms with Gasteiger partial charge in [0.15, 0.2) is 5.96 Å². The van der Waals surface area contributed by atoms with Gasteiger partial charge in [0.2, 0.25) is 0 Å². The van der Waals surface area contributed by atoms with Gasteiger partial charge in [0.1, 0.15) is 5.82 Å². The number of nitrogens with zero attached hydrogens (tertiary/aromatic N) is 2. The molecular formula is C19H31FN4. The SMILES string of the molecule is CCNC(=NCC1CCCN(C)C1)NCCc1ccc(F)cc1C. The number of benzene rings is 1. The van der Waals surface area contributed by atoms with Crippen LogP contribution in [0, 0.1) is 18.7 Å². The first-order valence-electron chi connectivity index (χ1n) is 9.04. The topological polar surface area (TPSA) is 39.7 Å². The van der Waals surface area contributed by atoms with Gasteiger partial charge in [-0.05, 0) is 75.9 Å². The second-order valence-electron chi connectivity index (χ2n) is 6.74. The van der Waals surface area contributed by atoms with Crippen molar-refractivity contribution in [1.29, 1.82) is 0 Å². The molecule has 1 fully saturated rings. The molecule has 1 unspecified atom stereocenters. The molecule has 1 aliphatic heterocycles. The second kappa shape index (κ2) is 9.62. The van der Waals surface area contributed by atoms with Crippen molar-refractivity contribution in [2.24, 2.45) is 10.9 Å². The maximum atomic E-state index is 13.2. The highest BCUT2D eigenvalue weighted by atomic mass is 19.1. The molecule has 0 radical (unpaired) electrons. The van der Waals surface area contributed by atoms with Crippen molar-refractivity contribution >= 4 is 5.96 Å². The van der Waals surface area contributed by atoms with E-state index in [1.165, 1.54) is 31.0 Å². The van der Waals surface area contributed by atoms with Gasteiger partial charge < -0.3 is 15.5 Å². The molecule has 0 saturated carbocycles. The van der Waals surface area contributed by atoms with Crippen molar-refractivity contribution < 1.29 is 4.39 Å². The Balaban J connectivity index is 1.82. The van der Waals surface area contributed by atoms with E-state index in [0.29, 0.717) is 5.92 Å². The molecule has 134 valence electrons. The zero-order valence-electron chi connectivity index (χ0n) is 15.2. The largest absolute Gasteiger partial charge is 0.357 e. The molecule has 4 nitrogen and oxygen atoms in total. The highest BCUT2D eigenvalue weighted by Crippen LogP contribution is 2.15. The fourth-order valence-electron chi connectivity index (χ4n) is 3.24. The molecule has 0 amide bonds. The molecule has 1 aromatic rings. The van der Waals surface area contributed by atoms with Gasteiger partial charge in [-0.1, -0.05) is 6.07 Å². The molecule has 1 heterocycles. The van der Waals surface area contributed by atoms with Gasteiger partial charge in [-0.15, -0.1) is 0 Å². The van der Waals surface area contributed by atoms with Crippen molar-refractivity contribution in [2.45, 2.75) is 33.1 Å². The third-order valence-electron chi connectivity index (χ3n) is 4.57. The normalized spacial score (nSPS) is 19.3. The summed E-state index contributed by atoms with van der Waals surface area (Å²) in [5.74, 6) is 1.36. The predicted molar refractivity (Wildman–Crippen MR) is 99.0 cm³/mol. The molecule has 0 spiro atoms. The second-order valence-corrected chi connectivity index (χ2v) is 6.74. The quantitative estimate of drug-likeness (QED) is 0.620. The highest BCUT2D eigenvalue weighted by Gasteiger charge is 2.16. The summed E-state index contributed by atoms with van der Waals surface area (Å²) in [6.45, 7) is 8.89. The monoisotopic (exact) mass is 334 g/mol. The number of nitrogens with one attached hydrogen (secondary N) is 2. The van der Waals surface area contributed by atoms with Crippen molar-refractivity contribution in [3.63, 3.8) is 0 Å². The van der Waals surface area contributed by atoms with Crippen LogP contribution in [0.1, 0.15) is 30.9 Å². The third kappa shape index (κ3) is 6.11. The van der Waals surface area contributed by atoms with E-state index in [4.69, 9.17) is 4.99 Å². The predicted octanol–water partition coefficient (Wildman–Crippen LogP) is 2.57. The Morgan fingerprint density at radius 1 is 1.38 bits per heavy atom. The number of piperidine rings is 1. The van der Waals surface area contributed by atoms with Crippen LogP contribution < -0.4 is 10.6 Å². The van der Waals surface area contributed by atoms with E-state index in [0.717, 1.165) is 44.1 Å². The number of rotatable bonds is 6. The van der Waals surface area contributed by atoms with Crippen LogP contribution in [0.15, 0.2) is 23.2 Å². The number of aliphatic imine (C=N–C) groups is 1. The Morgan fingerprint density at radius 3 is 2.92 bits per heavy atom. The minimum Gasteiger partial charge on any atom is -0.357 e. The lowest BCUT2D eigenvalue weighted by atomic mass is 9.99. The van der Waals surface area contributed by atoms with Crippen LogP contribution in [0.2, 0.25) is 0 Å². The zero-order valence-corrected chi connectivity index (χ0v) is 15.2. The maximum absolute atomic E-state index is 13.2. The van der Waals surface area contributed by atoms with E-state index in [1.54, 1.807) is 6.07 Å². The molecule has 1 saturated heterocycles. The van der Waals surface area contributed by atoms with Crippen LogP contribution in [0.5, 0.6) is 0 Å². The smallest absolute Gasteiger partial charge is 0.191 e. The van der Waals surface area contributed by atoms with Crippen LogP contribution in [-0.2, 0) is 6.42 Å². The van der Waals surface area contributed by atoms with Crippen molar-refractivity contribution in [3.05, 3.63) is 35.1 Å². The first-order chi connectivity index (χ1) is 11.6. The number of hydrogen-bond acceptors (Lipinski definition) is 2. The summed E-state index contributed by atoms with van der Waals surface area (Å²) in [5.41, 5.74) is 2.18. The lowest BCUT2D eigenvalue weighted by Crippen LogP contribution is -2.39. The molecule has 1 aromatic carbocycles. The van der Waals surface area contributed by atoms with E-state index in [9.17, 15) is 4.39 Å². The third-order valence-corrected chi connectivity index (χ3v) is 4.57. The lowest BCUT2D eigenvalue weighted by molar-refractivity contribution is 0.214. The molecule has 5 heteroatoms. The average Bonchev–Trinajstić information content (AvgIpc) is 2.54. The molecule has 2 N–H and O–H groups in total. The first-order valence-corrected chi connectivity index (χ1v) is 9.04. The van der Waals surface area contributed by atoms with Crippen LogP contribution >= 0.6 is 0 Å². The van der Waals surface area contributed by atoms with Gasteiger partial charge in [-0.2, -0.15) is 0 Å². The molecule has 0 bridgehead atoms. The van der Waals surface area contributed by atoms with Gasteiger partial charge in [0, 0.05) is 26.2 Å². The number of hydrogen-bond donors (Lipinski definition) is 2. The van der Waals surface area contributed by atoms with Crippen molar-refractivity contribution in [1.82, 2.24) is 15.5 Å². The van der Waals surface area contributed by atoms with Gasteiger partial charge in [-0.25, -0.2) is 4.39 Å². The van der Waals surface area contributed by atoms with Gasteiger partial charge in [0.25, 0.3) is 0 Å². The Bertz CT molecular complexity index is 544. The molecule has 2 rings (SSSR count). The molecular weight excluding hydrogens is 303 g/mol. The Labute approximate surface area is 145 Å². The van der Waals surface area contributed by atoms with E-state index >= 15 is 0 Å². The summed E-state index contributed by atoms with van der Waals surface area (Å²) in [6.07, 6.45) is 3.40. The summed E-state index contributed by atoms with van der Waals surface area (Å²) in [6, 6.07) is 4.99. The van der Waals surface area contributed by atoms with E-state index in [2.05, 4.69) is 29.5 Å². The zero-order chi connectivity index (χ0) is 17.4. The Morgan fingerprint density at radius 2 is 2.21 bits per heavy atom. The summed E-state index contributed by atoms with van der Waals surface area (Å²) >= 11 is 0. The van der Waals surface area contributed by atoms with E-state index in [1.807, 2.05) is 13.0 Å². The van der Waals surface area contributed by atoms with Crippen molar-refractivity contribution in [3.8, 4) is 0 Å². The van der Waals surface area contributed by atoms with Crippen LogP contribution in [-0.4, -0.2) is 50.6 Å². The van der Waals surface area contributed by atoms with Crippen LogP contribution in [0.4, 0.5) is 4.39 Å². The Kier molecular flexibility index (Phi) is 7.50. The molecule has 1 aliphatic rings. The molecule has 1 atom stereocenters. The Hall–Kier alpha value is -1.62. The number of halogens is 1. The highest BCUT2D eigenvalue weighted by molar-refractivity contribution is 5.79. The summed E-state index contributed by atoms with van der Waals surface area (Å²) in [5, 5.41) is 6.70. The van der Waals surface area contributed by atoms with Crippen LogP contribution in [0.25, 0.3) is 0 Å². The lowest BCUT2D eigenvalue weighted by Gasteiger charge is -2.28.